The third-order valence-electron chi connectivity index (χ3n) is 6.46. The number of furan rings is 1. The van der Waals surface area contributed by atoms with Crippen LogP contribution in [0.25, 0.3) is 21.3 Å². The number of hydrogen-bond donors (Lipinski definition) is 2. The van der Waals surface area contributed by atoms with Crippen LogP contribution in [0.4, 0.5) is 4.79 Å². The summed E-state index contributed by atoms with van der Waals surface area (Å²) in [6.45, 7) is 0.771. The summed E-state index contributed by atoms with van der Waals surface area (Å²) in [5.41, 5.74) is 6.86. The lowest BCUT2D eigenvalue weighted by molar-refractivity contribution is 0.104. The molecule has 6 rings (SSSR count). The molecule has 0 radical (unpaired) electrons. The van der Waals surface area contributed by atoms with E-state index in [1.165, 1.54) is 11.3 Å². The molecule has 1 aromatic carbocycles. The summed E-state index contributed by atoms with van der Waals surface area (Å²) in [6.07, 6.45) is 5.91. The molecule has 8 nitrogen and oxygen atoms in total. The molecule has 2 aliphatic heterocycles. The van der Waals surface area contributed by atoms with Crippen LogP contribution in [0.3, 0.4) is 0 Å². The number of fused-ring (bicyclic) bond motifs is 4. The third-order valence-corrected chi connectivity index (χ3v) is 7.35. The van der Waals surface area contributed by atoms with Gasteiger partial charge in [0, 0.05) is 29.7 Å². The Hall–Kier alpha value is -3.17. The van der Waals surface area contributed by atoms with Gasteiger partial charge in [-0.1, -0.05) is 11.3 Å². The van der Waals surface area contributed by atoms with E-state index >= 15 is 0 Å². The maximum atomic E-state index is 11.2. The zero-order chi connectivity index (χ0) is 21.7. The minimum atomic E-state index is -0.430. The largest absolute Gasteiger partial charge is 0.460 e. The van der Waals surface area contributed by atoms with Crippen LogP contribution in [0.5, 0.6) is 10.9 Å². The van der Waals surface area contributed by atoms with E-state index in [2.05, 4.69) is 26.3 Å². The van der Waals surface area contributed by atoms with Gasteiger partial charge in [-0.15, -0.1) is 0 Å². The highest BCUT2D eigenvalue weighted by Gasteiger charge is 2.41. The number of piperidine rings is 1. The van der Waals surface area contributed by atoms with E-state index in [9.17, 15) is 4.79 Å². The lowest BCUT2D eigenvalue weighted by Gasteiger charge is -2.38. The van der Waals surface area contributed by atoms with Crippen LogP contribution in [0.15, 0.2) is 47.0 Å². The van der Waals surface area contributed by atoms with E-state index in [4.69, 9.17) is 14.9 Å². The maximum absolute atomic E-state index is 11.2. The van der Waals surface area contributed by atoms with Crippen LogP contribution in [-0.4, -0.2) is 39.0 Å². The van der Waals surface area contributed by atoms with Crippen molar-refractivity contribution < 1.29 is 13.9 Å². The second-order valence-electron chi connectivity index (χ2n) is 8.55. The Morgan fingerprint density at radius 1 is 1.25 bits per heavy atom. The first-order valence-corrected chi connectivity index (χ1v) is 11.7. The summed E-state index contributed by atoms with van der Waals surface area (Å²) in [6, 6.07) is 12.4. The Labute approximate surface area is 188 Å². The molecule has 0 aliphatic carbocycles. The minimum absolute atomic E-state index is 0.175. The molecule has 0 spiro atoms. The van der Waals surface area contributed by atoms with Gasteiger partial charge in [-0.25, -0.2) is 9.78 Å². The summed E-state index contributed by atoms with van der Waals surface area (Å²) in [5.74, 6) is 1.67. The lowest BCUT2D eigenvalue weighted by Crippen LogP contribution is -2.50. The SMILES string of the molecule is NC(=O)NC1C[C@H]2CC[C@@H](C1)N2Cc1cc2cc(Oc3nc4ncccc4s3)ccc2o1. The first-order chi connectivity index (χ1) is 15.6. The number of ether oxygens (including phenoxy) is 1. The van der Waals surface area contributed by atoms with E-state index in [1.807, 2.05) is 30.3 Å². The zero-order valence-electron chi connectivity index (χ0n) is 17.4. The lowest BCUT2D eigenvalue weighted by atomic mass is 9.97. The average molecular weight is 450 g/mol. The van der Waals surface area contributed by atoms with Gasteiger partial charge in [-0.2, -0.15) is 4.98 Å². The Morgan fingerprint density at radius 2 is 2.09 bits per heavy atom. The number of nitrogens with one attached hydrogen (secondary N) is 1. The number of aromatic nitrogens is 2. The van der Waals surface area contributed by atoms with Gasteiger partial charge in [-0.3, -0.25) is 4.90 Å². The summed E-state index contributed by atoms with van der Waals surface area (Å²) in [7, 11) is 0. The van der Waals surface area contributed by atoms with Crippen molar-refractivity contribution in [3.05, 3.63) is 48.4 Å². The number of urea groups is 1. The zero-order valence-corrected chi connectivity index (χ0v) is 18.2. The molecule has 32 heavy (non-hydrogen) atoms. The molecule has 3 atom stereocenters. The second kappa shape index (κ2) is 7.75. The molecular weight excluding hydrogens is 426 g/mol. The first kappa shape index (κ1) is 19.5. The van der Waals surface area contributed by atoms with E-state index in [1.54, 1.807) is 6.20 Å². The Bertz CT molecular complexity index is 1250. The van der Waals surface area contributed by atoms with Crippen LogP contribution < -0.4 is 15.8 Å². The highest BCUT2D eigenvalue weighted by molar-refractivity contribution is 7.20. The smallest absolute Gasteiger partial charge is 0.312 e. The quantitative estimate of drug-likeness (QED) is 0.468. The number of carbonyl (C=O) groups is 1. The van der Waals surface area contributed by atoms with Crippen molar-refractivity contribution >= 4 is 38.7 Å². The molecule has 4 aromatic rings. The highest BCUT2D eigenvalue weighted by Crippen LogP contribution is 2.38. The fraction of sp³-hybridized carbons (Fsp3) is 0.348. The predicted octanol–water partition coefficient (Wildman–Crippen LogP) is 4.39. The predicted molar refractivity (Wildman–Crippen MR) is 122 cm³/mol. The number of primary amides is 1. The van der Waals surface area contributed by atoms with Gasteiger partial charge in [0.15, 0.2) is 5.65 Å². The number of nitrogens with zero attached hydrogens (tertiary/aromatic N) is 3. The van der Waals surface area contributed by atoms with Gasteiger partial charge < -0.3 is 20.2 Å². The summed E-state index contributed by atoms with van der Waals surface area (Å²) >= 11 is 1.48. The highest BCUT2D eigenvalue weighted by atomic mass is 32.1. The molecule has 2 bridgehead atoms. The van der Waals surface area contributed by atoms with Gasteiger partial charge in [-0.05, 0) is 62.1 Å². The van der Waals surface area contributed by atoms with Gasteiger partial charge in [0.1, 0.15) is 17.1 Å². The standard InChI is InChI=1S/C23H23N5O3S/c24-22(29)26-14-10-15-3-4-16(11-14)28(15)12-18-9-13-8-17(5-6-19(13)30-18)31-23-27-21-20(32-23)2-1-7-25-21/h1-2,5-9,14-16H,3-4,10-12H2,(H3,24,26,29)/t14?,15-,16+. The van der Waals surface area contributed by atoms with Crippen molar-refractivity contribution in [2.75, 3.05) is 0 Å². The van der Waals surface area contributed by atoms with Gasteiger partial charge in [0.25, 0.3) is 5.19 Å². The van der Waals surface area contributed by atoms with Crippen molar-refractivity contribution in [2.45, 2.75) is 50.4 Å². The molecule has 2 amide bonds. The van der Waals surface area contributed by atoms with E-state index < -0.39 is 6.03 Å². The number of thiazole rings is 1. The number of nitrogens with two attached hydrogens (primary N) is 1. The van der Waals surface area contributed by atoms with Crippen molar-refractivity contribution in [1.82, 2.24) is 20.2 Å². The number of hydrogen-bond acceptors (Lipinski definition) is 7. The van der Waals surface area contributed by atoms with E-state index in [0.717, 1.165) is 59.4 Å². The van der Waals surface area contributed by atoms with E-state index in [-0.39, 0.29) is 6.04 Å². The van der Waals surface area contributed by atoms with Gasteiger partial charge in [0.05, 0.1) is 11.2 Å². The summed E-state index contributed by atoms with van der Waals surface area (Å²) in [4.78, 5) is 22.4. The molecule has 3 aromatic heterocycles. The Balaban J connectivity index is 1.17. The molecule has 1 unspecified atom stereocenters. The maximum Gasteiger partial charge on any atom is 0.312 e. The first-order valence-electron chi connectivity index (χ1n) is 10.8. The van der Waals surface area contributed by atoms with Gasteiger partial charge in [0.2, 0.25) is 0 Å². The second-order valence-corrected chi connectivity index (χ2v) is 9.55. The Kier molecular flexibility index (Phi) is 4.73. The number of amides is 2. The van der Waals surface area contributed by atoms with Crippen molar-refractivity contribution in [2.24, 2.45) is 5.73 Å². The van der Waals surface area contributed by atoms with Crippen molar-refractivity contribution in [3.8, 4) is 10.9 Å². The van der Waals surface area contributed by atoms with Crippen LogP contribution in [0.1, 0.15) is 31.4 Å². The van der Waals surface area contributed by atoms with Crippen molar-refractivity contribution in [1.29, 1.82) is 0 Å². The Morgan fingerprint density at radius 3 is 2.88 bits per heavy atom. The molecule has 2 fully saturated rings. The molecular formula is C23H23N5O3S. The van der Waals surface area contributed by atoms with Gasteiger partial charge >= 0.3 is 6.03 Å². The molecule has 2 aliphatic rings. The monoisotopic (exact) mass is 449 g/mol. The van der Waals surface area contributed by atoms with Crippen LogP contribution in [0.2, 0.25) is 0 Å². The normalized spacial score (nSPS) is 23.1. The van der Waals surface area contributed by atoms with Crippen LogP contribution >= 0.6 is 11.3 Å². The number of carbonyl (C=O) groups excluding carboxylic acids is 1. The molecule has 9 heteroatoms. The molecule has 5 heterocycles. The number of rotatable bonds is 5. The minimum Gasteiger partial charge on any atom is -0.460 e. The fourth-order valence-electron chi connectivity index (χ4n) is 5.14. The van der Waals surface area contributed by atoms with Crippen molar-refractivity contribution in [3.63, 3.8) is 0 Å². The van der Waals surface area contributed by atoms with E-state index in [0.29, 0.717) is 22.9 Å². The third kappa shape index (κ3) is 3.67. The molecule has 164 valence electrons. The summed E-state index contributed by atoms with van der Waals surface area (Å²) < 4.78 is 13.1. The van der Waals surface area contributed by atoms with Crippen LogP contribution in [0, 0.1) is 0 Å². The summed E-state index contributed by atoms with van der Waals surface area (Å²) in [5, 5.41) is 4.47. The average Bonchev–Trinajstić information content (AvgIpc) is 3.41. The fourth-order valence-corrected chi connectivity index (χ4v) is 5.94. The molecule has 0 saturated carbocycles. The number of benzene rings is 1. The number of pyridine rings is 1. The molecule has 3 N–H and O–H groups in total. The topological polar surface area (TPSA) is 107 Å². The molecule has 2 saturated heterocycles. The van der Waals surface area contributed by atoms with Crippen LogP contribution in [-0.2, 0) is 6.54 Å².